The minimum absolute atomic E-state index is 0. The van der Waals surface area contributed by atoms with Crippen LogP contribution in [0.3, 0.4) is 0 Å². The van der Waals surface area contributed by atoms with Crippen molar-refractivity contribution < 1.29 is 20.7 Å². The molecule has 0 fully saturated rings. The maximum Gasteiger partial charge on any atom is 2.00 e. The molecule has 0 spiro atoms. The van der Waals surface area contributed by atoms with Gasteiger partial charge in [0.05, 0.1) is 0 Å². The van der Waals surface area contributed by atoms with Crippen LogP contribution < -0.4 is 0 Å². The van der Waals surface area contributed by atoms with Gasteiger partial charge in [-0.1, -0.05) is 12.1 Å². The molecule has 0 aliphatic rings. The van der Waals surface area contributed by atoms with Crippen molar-refractivity contribution in [3.05, 3.63) is 29.8 Å². The summed E-state index contributed by atoms with van der Waals surface area (Å²) in [6, 6.07) is 5.81. The van der Waals surface area contributed by atoms with E-state index in [0.29, 0.717) is 0 Å². The Morgan fingerprint density at radius 1 is 1.33 bits per heavy atom. The molecule has 1 aromatic rings. The number of hydrogen-bond donors (Lipinski definition) is 2. The Kier molecular flexibility index (Phi) is 8.72. The van der Waals surface area contributed by atoms with Gasteiger partial charge in [-0.15, -0.1) is 0 Å². The normalized spacial score (nSPS) is 7.67. The van der Waals surface area contributed by atoms with Gasteiger partial charge in [-0.2, -0.15) is 0 Å². The van der Waals surface area contributed by atoms with Crippen LogP contribution in [0.15, 0.2) is 24.3 Å². The second-order valence-corrected chi connectivity index (χ2v) is 1.82. The molecule has 12 heavy (non-hydrogen) atoms. The number of rotatable bonds is 1. The number of aromatic hydroxyl groups is 1. The van der Waals surface area contributed by atoms with Crippen LogP contribution in [0.5, 0.6) is 5.75 Å². The van der Waals surface area contributed by atoms with Crippen molar-refractivity contribution in [2.75, 3.05) is 0 Å². The molecule has 0 unspecified atom stereocenters. The molecular formula is C7H10CaMgO3. The van der Waals surface area contributed by atoms with Gasteiger partial charge in [-0.3, -0.25) is 0 Å². The maximum atomic E-state index is 10.3. The summed E-state index contributed by atoms with van der Waals surface area (Å²) in [5.74, 6) is -1.31. The van der Waals surface area contributed by atoms with Crippen LogP contribution in [0.1, 0.15) is 16.1 Å². The van der Waals surface area contributed by atoms with Crippen molar-refractivity contribution in [1.82, 2.24) is 0 Å². The summed E-state index contributed by atoms with van der Waals surface area (Å²) in [7, 11) is 0. The predicted molar refractivity (Wildman–Crippen MR) is 51.0 cm³/mol. The quantitative estimate of drug-likeness (QED) is 0.668. The van der Waals surface area contributed by atoms with Gasteiger partial charge in [-0.05, 0) is 12.1 Å². The van der Waals surface area contributed by atoms with Crippen molar-refractivity contribution in [2.45, 2.75) is 0 Å². The summed E-state index contributed by atoms with van der Waals surface area (Å²) in [6.07, 6.45) is 0. The summed E-state index contributed by atoms with van der Waals surface area (Å²) in [4.78, 5) is 10.3. The van der Waals surface area contributed by atoms with E-state index >= 15 is 0 Å². The van der Waals surface area contributed by atoms with Crippen molar-refractivity contribution in [3.8, 4) is 5.75 Å². The molecule has 0 aliphatic heterocycles. The molecule has 0 heterocycles. The van der Waals surface area contributed by atoms with Crippen LogP contribution in [0.2, 0.25) is 0 Å². The summed E-state index contributed by atoms with van der Waals surface area (Å²) >= 11 is 0. The summed E-state index contributed by atoms with van der Waals surface area (Å²) in [5, 5.41) is 17.3. The van der Waals surface area contributed by atoms with Crippen molar-refractivity contribution in [2.24, 2.45) is 0 Å². The van der Waals surface area contributed by atoms with Crippen LogP contribution in [-0.4, -0.2) is 77.0 Å². The van der Waals surface area contributed by atoms with Gasteiger partial charge in [0, 0.05) is 0 Å². The van der Waals surface area contributed by atoms with Gasteiger partial charge in [0.15, 0.2) is 0 Å². The van der Waals surface area contributed by atoms with E-state index < -0.39 is 5.97 Å². The van der Waals surface area contributed by atoms with Crippen molar-refractivity contribution in [3.63, 3.8) is 0 Å². The smallest absolute Gasteiger partial charge is 1.00 e. The third-order valence-electron chi connectivity index (χ3n) is 1.13. The van der Waals surface area contributed by atoms with E-state index in [1.54, 1.807) is 12.1 Å². The van der Waals surface area contributed by atoms with Gasteiger partial charge in [0.1, 0.15) is 11.3 Å². The largest absolute Gasteiger partial charge is 2.00 e. The molecule has 2 N–H and O–H groups in total. The number of para-hydroxylation sites is 1. The van der Waals surface area contributed by atoms with Crippen LogP contribution in [0, 0.1) is 0 Å². The monoisotopic (exact) mass is 206 g/mol. The molecule has 0 bridgehead atoms. The Balaban J connectivity index is -0.0000000417. The Labute approximate surface area is 122 Å². The molecule has 0 radical (unpaired) electrons. The third-order valence-corrected chi connectivity index (χ3v) is 1.13. The predicted octanol–water partition coefficient (Wildman–Crippen LogP) is 0.779. The SMILES string of the molecule is O=C(O)c1ccccc1O.[Ca+2].[H-].[H-].[H-].[H-].[Mg+2]. The first kappa shape index (κ1) is 15.0. The first-order valence-electron chi connectivity index (χ1n) is 2.73. The van der Waals surface area contributed by atoms with E-state index in [2.05, 4.69) is 0 Å². The number of carboxylic acids is 1. The zero-order valence-corrected chi connectivity index (χ0v) is 10.1. The van der Waals surface area contributed by atoms with Crippen molar-refractivity contribution in [1.29, 1.82) is 0 Å². The maximum absolute atomic E-state index is 10.3. The number of benzene rings is 1. The molecule has 0 aliphatic carbocycles. The molecule has 3 nitrogen and oxygen atoms in total. The Morgan fingerprint density at radius 3 is 2.17 bits per heavy atom. The molecule has 1 aromatic carbocycles. The first-order valence-corrected chi connectivity index (χ1v) is 2.73. The van der Waals surface area contributed by atoms with Gasteiger partial charge < -0.3 is 15.9 Å². The van der Waals surface area contributed by atoms with Crippen LogP contribution in [0.4, 0.5) is 0 Å². The Hall–Kier alpha value is 0.516. The average Bonchev–Trinajstić information content (AvgIpc) is 1.88. The van der Waals surface area contributed by atoms with E-state index in [0.717, 1.165) is 0 Å². The fourth-order valence-electron chi connectivity index (χ4n) is 0.654. The van der Waals surface area contributed by atoms with Crippen LogP contribution in [-0.2, 0) is 0 Å². The minimum Gasteiger partial charge on any atom is -1.00 e. The standard InChI is InChI=1S/C7H6O3.Ca.Mg.4H/c8-6-4-2-1-3-5(6)7(9)10;;;;;;/h1-4,8H,(H,9,10);;;;;;/q;2*+2;4*-1. The number of hydrogen-bond acceptors (Lipinski definition) is 2. The van der Waals surface area contributed by atoms with E-state index in [4.69, 9.17) is 10.2 Å². The first-order chi connectivity index (χ1) is 4.72. The molecule has 5 heteroatoms. The molecule has 0 aromatic heterocycles. The van der Waals surface area contributed by atoms with E-state index in [1.807, 2.05) is 0 Å². The zero-order valence-electron chi connectivity index (χ0n) is 10.5. The number of aromatic carboxylic acids is 1. The summed E-state index contributed by atoms with van der Waals surface area (Å²) < 4.78 is 0. The van der Waals surface area contributed by atoms with E-state index in [-0.39, 0.29) is 77.8 Å². The zero-order chi connectivity index (χ0) is 7.56. The Morgan fingerprint density at radius 2 is 1.83 bits per heavy atom. The van der Waals surface area contributed by atoms with Crippen LogP contribution >= 0.6 is 0 Å². The second-order valence-electron chi connectivity index (χ2n) is 1.82. The van der Waals surface area contributed by atoms with Gasteiger partial charge in [-0.25, -0.2) is 4.79 Å². The van der Waals surface area contributed by atoms with E-state index in [9.17, 15) is 4.79 Å². The third kappa shape index (κ3) is 3.96. The fourth-order valence-corrected chi connectivity index (χ4v) is 0.654. The second kappa shape index (κ2) is 6.97. The van der Waals surface area contributed by atoms with Gasteiger partial charge in [0.2, 0.25) is 0 Å². The van der Waals surface area contributed by atoms with Crippen LogP contribution in [0.25, 0.3) is 0 Å². The molecule has 0 saturated carbocycles. The molecule has 0 amide bonds. The summed E-state index contributed by atoms with van der Waals surface area (Å²) in [5.41, 5.74) is -0.0671. The summed E-state index contributed by atoms with van der Waals surface area (Å²) in [6.45, 7) is 0. The van der Waals surface area contributed by atoms with Gasteiger partial charge in [0.25, 0.3) is 0 Å². The number of carboxylic acid groups (broad SMARTS) is 1. The van der Waals surface area contributed by atoms with E-state index in [1.165, 1.54) is 12.1 Å². The minimum atomic E-state index is -1.11. The number of phenols is 1. The topological polar surface area (TPSA) is 57.5 Å². The average molecular weight is 207 g/mol. The molecule has 0 atom stereocenters. The number of carbonyl (C=O) groups is 1. The molecule has 0 saturated heterocycles. The Bertz CT molecular complexity index is 278. The molecule has 60 valence electrons. The molecule has 1 rings (SSSR count). The fraction of sp³-hybridized carbons (Fsp3) is 0. The molecular weight excluding hydrogens is 196 g/mol. The van der Waals surface area contributed by atoms with Gasteiger partial charge >= 0.3 is 66.8 Å². The van der Waals surface area contributed by atoms with Crippen molar-refractivity contribution >= 4 is 66.8 Å².